The van der Waals surface area contributed by atoms with E-state index in [4.69, 9.17) is 9.84 Å². The highest BCUT2D eigenvalue weighted by atomic mass is 127. The fraction of sp³-hybridized carbons (Fsp3) is 0.0435. The average molecular weight is 686 g/mol. The maximum Gasteiger partial charge on any atom is 0.335 e. The summed E-state index contributed by atoms with van der Waals surface area (Å²) < 4.78 is 8.81. The Labute approximate surface area is 210 Å². The van der Waals surface area contributed by atoms with E-state index in [2.05, 4.69) is 67.2 Å². The molecule has 0 aliphatic heterocycles. The first-order valence-electron chi connectivity index (χ1n) is 8.69. The second-order valence-electron chi connectivity index (χ2n) is 6.28. The van der Waals surface area contributed by atoms with Gasteiger partial charge in [0.25, 0.3) is 0 Å². The van der Waals surface area contributed by atoms with Crippen LogP contribution in [0.25, 0.3) is 11.6 Å². The molecule has 7 heteroatoms. The zero-order valence-corrected chi connectivity index (χ0v) is 21.3. The third kappa shape index (κ3) is 5.83. The van der Waals surface area contributed by atoms with E-state index < -0.39 is 5.97 Å². The van der Waals surface area contributed by atoms with Crippen LogP contribution in [-0.4, -0.2) is 11.1 Å². The standard InChI is InChI=1S/C23H14BrI2NO3/c24-19-7-5-16(6-8-19)18(12-27)9-15-10-20(25)22(21(26)11-15)30-13-14-1-3-17(4-2-14)23(28)29/h1-11H,13H2,(H,28,29)/b18-9-. The molecule has 4 nitrogen and oxygen atoms in total. The molecule has 0 bridgehead atoms. The molecule has 3 rings (SSSR count). The quantitative estimate of drug-likeness (QED) is 0.172. The van der Waals surface area contributed by atoms with Crippen molar-refractivity contribution in [2.24, 2.45) is 0 Å². The van der Waals surface area contributed by atoms with Gasteiger partial charge >= 0.3 is 5.97 Å². The van der Waals surface area contributed by atoms with Crippen LogP contribution in [0.1, 0.15) is 27.0 Å². The summed E-state index contributed by atoms with van der Waals surface area (Å²) in [7, 11) is 0. The van der Waals surface area contributed by atoms with Crippen molar-refractivity contribution in [1.29, 1.82) is 5.26 Å². The molecule has 0 radical (unpaired) electrons. The molecule has 0 fully saturated rings. The van der Waals surface area contributed by atoms with Gasteiger partial charge in [-0.15, -0.1) is 0 Å². The Morgan fingerprint density at radius 3 is 2.13 bits per heavy atom. The Balaban J connectivity index is 1.80. The Hall–Kier alpha value is -1.90. The van der Waals surface area contributed by atoms with Crippen LogP contribution in [0.2, 0.25) is 0 Å². The number of nitriles is 1. The van der Waals surface area contributed by atoms with Gasteiger partial charge < -0.3 is 9.84 Å². The van der Waals surface area contributed by atoms with Crippen LogP contribution in [0.15, 0.2) is 65.1 Å². The van der Waals surface area contributed by atoms with E-state index in [-0.39, 0.29) is 5.56 Å². The van der Waals surface area contributed by atoms with Gasteiger partial charge in [0, 0.05) is 4.47 Å². The van der Waals surface area contributed by atoms with Crippen molar-refractivity contribution in [3.8, 4) is 11.8 Å². The molecular weight excluding hydrogens is 672 g/mol. The van der Waals surface area contributed by atoms with Crippen molar-refractivity contribution in [2.45, 2.75) is 6.61 Å². The lowest BCUT2D eigenvalue weighted by molar-refractivity contribution is 0.0697. The number of carbonyl (C=O) groups is 1. The minimum Gasteiger partial charge on any atom is -0.487 e. The highest BCUT2D eigenvalue weighted by Crippen LogP contribution is 2.31. The lowest BCUT2D eigenvalue weighted by Crippen LogP contribution is -2.01. The maximum atomic E-state index is 11.0. The van der Waals surface area contributed by atoms with E-state index in [1.54, 1.807) is 24.3 Å². The molecule has 0 atom stereocenters. The zero-order chi connectivity index (χ0) is 21.7. The fourth-order valence-corrected chi connectivity index (χ4v) is 5.07. The van der Waals surface area contributed by atoms with Crippen LogP contribution in [0.3, 0.4) is 0 Å². The molecule has 1 N–H and O–H groups in total. The Morgan fingerprint density at radius 2 is 1.60 bits per heavy atom. The van der Waals surface area contributed by atoms with E-state index in [0.717, 1.165) is 34.1 Å². The third-order valence-electron chi connectivity index (χ3n) is 4.19. The molecule has 0 spiro atoms. The smallest absolute Gasteiger partial charge is 0.335 e. The molecule has 0 unspecified atom stereocenters. The maximum absolute atomic E-state index is 11.0. The molecule has 3 aromatic carbocycles. The van der Waals surface area contributed by atoms with Gasteiger partial charge in [0.05, 0.1) is 24.3 Å². The monoisotopic (exact) mass is 685 g/mol. The van der Waals surface area contributed by atoms with Crippen molar-refractivity contribution in [2.75, 3.05) is 0 Å². The van der Waals surface area contributed by atoms with Crippen molar-refractivity contribution in [1.82, 2.24) is 0 Å². The SMILES string of the molecule is N#C/C(=C/c1cc(I)c(OCc2ccc(C(=O)O)cc2)c(I)c1)c1ccc(Br)cc1. The number of ether oxygens (including phenoxy) is 1. The van der Waals surface area contributed by atoms with E-state index in [9.17, 15) is 10.1 Å². The van der Waals surface area contributed by atoms with Crippen molar-refractivity contribution < 1.29 is 14.6 Å². The Bertz CT molecular complexity index is 1130. The second kappa shape index (κ2) is 10.4. The van der Waals surface area contributed by atoms with Gasteiger partial charge in [0.2, 0.25) is 0 Å². The van der Waals surface area contributed by atoms with Gasteiger partial charge in [-0.2, -0.15) is 5.26 Å². The molecular formula is C23H14BrI2NO3. The minimum absolute atomic E-state index is 0.248. The lowest BCUT2D eigenvalue weighted by atomic mass is 10.0. The number of hydrogen-bond donors (Lipinski definition) is 1. The number of aromatic carboxylic acids is 1. The van der Waals surface area contributed by atoms with Crippen LogP contribution in [0.4, 0.5) is 0 Å². The highest BCUT2D eigenvalue weighted by Gasteiger charge is 2.10. The molecule has 150 valence electrons. The van der Waals surface area contributed by atoms with Crippen molar-refractivity contribution in [3.05, 3.63) is 94.5 Å². The zero-order valence-electron chi connectivity index (χ0n) is 15.4. The van der Waals surface area contributed by atoms with Gasteiger partial charge in [0.1, 0.15) is 12.4 Å². The largest absolute Gasteiger partial charge is 0.487 e. The number of hydrogen-bond acceptors (Lipinski definition) is 3. The van der Waals surface area contributed by atoms with Crippen LogP contribution in [0.5, 0.6) is 5.75 Å². The third-order valence-corrected chi connectivity index (χ3v) is 6.32. The summed E-state index contributed by atoms with van der Waals surface area (Å²) in [4.78, 5) is 11.0. The van der Waals surface area contributed by atoms with E-state index in [1.807, 2.05) is 42.5 Å². The van der Waals surface area contributed by atoms with Crippen molar-refractivity contribution in [3.63, 3.8) is 0 Å². The van der Waals surface area contributed by atoms with Gasteiger partial charge in [-0.3, -0.25) is 0 Å². The number of allylic oxidation sites excluding steroid dienone is 1. The minimum atomic E-state index is -0.949. The van der Waals surface area contributed by atoms with Crippen LogP contribution >= 0.6 is 61.1 Å². The van der Waals surface area contributed by atoms with Crippen LogP contribution in [0, 0.1) is 18.5 Å². The summed E-state index contributed by atoms with van der Waals surface area (Å²) in [5.41, 5.74) is 3.49. The number of rotatable bonds is 6. The second-order valence-corrected chi connectivity index (χ2v) is 9.52. The molecule has 0 amide bonds. The number of carboxylic acid groups (broad SMARTS) is 1. The number of halogens is 3. The molecule has 0 aliphatic carbocycles. The number of carboxylic acids is 1. The van der Waals surface area contributed by atoms with Crippen molar-refractivity contribution >= 4 is 78.7 Å². The highest BCUT2D eigenvalue weighted by molar-refractivity contribution is 14.1. The molecule has 0 aromatic heterocycles. The first-order chi connectivity index (χ1) is 14.4. The van der Waals surface area contributed by atoms with Gasteiger partial charge in [0.15, 0.2) is 0 Å². The predicted octanol–water partition coefficient (Wildman–Crippen LogP) is 7.00. The van der Waals surface area contributed by atoms with E-state index in [0.29, 0.717) is 12.2 Å². The summed E-state index contributed by atoms with van der Waals surface area (Å²) in [6.07, 6.45) is 1.86. The van der Waals surface area contributed by atoms with Gasteiger partial charge in [-0.1, -0.05) is 40.2 Å². The fourth-order valence-electron chi connectivity index (χ4n) is 2.68. The lowest BCUT2D eigenvalue weighted by Gasteiger charge is -2.12. The first-order valence-corrected chi connectivity index (χ1v) is 11.6. The van der Waals surface area contributed by atoms with Gasteiger partial charge in [-0.05, 0) is 104 Å². The number of benzene rings is 3. The average Bonchev–Trinajstić information content (AvgIpc) is 2.72. The molecule has 0 saturated heterocycles. The Kier molecular flexibility index (Phi) is 7.91. The summed E-state index contributed by atoms with van der Waals surface area (Å²) in [6, 6.07) is 20.5. The summed E-state index contributed by atoms with van der Waals surface area (Å²) in [6.45, 7) is 0.337. The Morgan fingerprint density at radius 1 is 1.03 bits per heavy atom. The molecule has 0 heterocycles. The first kappa shape index (κ1) is 22.8. The summed E-state index contributed by atoms with van der Waals surface area (Å²) in [5, 5.41) is 18.6. The molecule has 0 saturated carbocycles. The number of nitrogens with zero attached hydrogens (tertiary/aromatic N) is 1. The van der Waals surface area contributed by atoms with Crippen LogP contribution < -0.4 is 4.74 Å². The predicted molar refractivity (Wildman–Crippen MR) is 137 cm³/mol. The molecule has 3 aromatic rings. The molecule has 30 heavy (non-hydrogen) atoms. The normalized spacial score (nSPS) is 11.1. The topological polar surface area (TPSA) is 70.3 Å². The van der Waals surface area contributed by atoms with Crippen LogP contribution in [-0.2, 0) is 6.61 Å². The van der Waals surface area contributed by atoms with E-state index >= 15 is 0 Å². The summed E-state index contributed by atoms with van der Waals surface area (Å²) in [5.74, 6) is -0.187. The molecule has 0 aliphatic rings. The van der Waals surface area contributed by atoms with E-state index in [1.165, 1.54) is 0 Å². The van der Waals surface area contributed by atoms with Gasteiger partial charge in [-0.25, -0.2) is 4.79 Å². The summed E-state index contributed by atoms with van der Waals surface area (Å²) >= 11 is 7.85.